The molecule has 1 saturated heterocycles. The van der Waals surface area contributed by atoms with Crippen molar-refractivity contribution in [3.8, 4) is 0 Å². The van der Waals surface area contributed by atoms with Crippen molar-refractivity contribution < 1.29 is 4.74 Å². The van der Waals surface area contributed by atoms with E-state index >= 15 is 0 Å². The topological polar surface area (TPSA) is 51.4 Å². The zero-order chi connectivity index (χ0) is 12.4. The molecular weight excluding hydrogens is 226 g/mol. The van der Waals surface area contributed by atoms with Crippen LogP contribution in [0.1, 0.15) is 6.42 Å². The minimum atomic E-state index is 0.768. The predicted molar refractivity (Wildman–Crippen MR) is 73.8 cm³/mol. The fraction of sp³-hybridized carbons (Fsp3) is 0.357. The summed E-state index contributed by atoms with van der Waals surface area (Å²) < 4.78 is 5.48. The summed E-state index contributed by atoms with van der Waals surface area (Å²) in [6.07, 6.45) is 2.84. The Balaban J connectivity index is 2.03. The highest BCUT2D eigenvalue weighted by atomic mass is 16.5. The summed E-state index contributed by atoms with van der Waals surface area (Å²) in [7, 11) is 0. The first kappa shape index (κ1) is 11.3. The third-order valence-electron chi connectivity index (χ3n) is 3.37. The second kappa shape index (κ2) is 4.82. The van der Waals surface area contributed by atoms with Crippen LogP contribution < -0.4 is 10.6 Å². The van der Waals surface area contributed by atoms with Crippen molar-refractivity contribution in [1.29, 1.82) is 0 Å². The van der Waals surface area contributed by atoms with Crippen molar-refractivity contribution in [1.82, 2.24) is 4.98 Å². The second-order valence-electron chi connectivity index (χ2n) is 4.52. The molecule has 0 atom stereocenters. The molecule has 3 rings (SSSR count). The Hall–Kier alpha value is -1.81. The maximum atomic E-state index is 6.28. The average Bonchev–Trinajstić information content (AvgIpc) is 2.68. The minimum Gasteiger partial charge on any atom is -0.396 e. The lowest BCUT2D eigenvalue weighted by atomic mass is 10.1. The van der Waals surface area contributed by atoms with Gasteiger partial charge in [0.15, 0.2) is 0 Å². The predicted octanol–water partition coefficient (Wildman–Crippen LogP) is 2.04. The van der Waals surface area contributed by atoms with Crippen LogP contribution >= 0.6 is 0 Å². The number of nitrogens with zero attached hydrogens (tertiary/aromatic N) is 2. The lowest BCUT2D eigenvalue weighted by Crippen LogP contribution is -2.26. The molecule has 1 aliphatic heterocycles. The molecule has 1 aromatic carbocycles. The van der Waals surface area contributed by atoms with E-state index in [0.717, 1.165) is 55.0 Å². The molecule has 1 fully saturated rings. The Bertz CT molecular complexity index is 548. The second-order valence-corrected chi connectivity index (χ2v) is 4.52. The number of nitrogens with two attached hydrogens (primary N) is 1. The third-order valence-corrected chi connectivity index (χ3v) is 3.37. The molecule has 0 spiro atoms. The van der Waals surface area contributed by atoms with Gasteiger partial charge in [0, 0.05) is 31.3 Å². The number of hydrogen-bond donors (Lipinski definition) is 1. The molecule has 0 radical (unpaired) electrons. The van der Waals surface area contributed by atoms with Crippen LogP contribution in [-0.4, -0.2) is 31.3 Å². The number of aromatic nitrogens is 1. The highest BCUT2D eigenvalue weighted by Crippen LogP contribution is 2.30. The molecule has 0 saturated carbocycles. The lowest BCUT2D eigenvalue weighted by Gasteiger charge is -2.24. The van der Waals surface area contributed by atoms with Gasteiger partial charge in [0.2, 0.25) is 0 Å². The summed E-state index contributed by atoms with van der Waals surface area (Å²) in [5, 5.41) is 1.03. The molecule has 18 heavy (non-hydrogen) atoms. The number of pyridine rings is 1. The molecule has 4 heteroatoms. The zero-order valence-corrected chi connectivity index (χ0v) is 10.3. The van der Waals surface area contributed by atoms with Gasteiger partial charge < -0.3 is 15.4 Å². The quantitative estimate of drug-likeness (QED) is 0.779. The third kappa shape index (κ3) is 1.99. The molecule has 0 bridgehead atoms. The molecule has 0 unspecified atom stereocenters. The fourth-order valence-corrected chi connectivity index (χ4v) is 2.43. The Morgan fingerprint density at radius 3 is 3.06 bits per heavy atom. The summed E-state index contributed by atoms with van der Waals surface area (Å²) in [4.78, 5) is 6.62. The molecule has 1 aliphatic rings. The normalized spacial score (nSPS) is 16.8. The van der Waals surface area contributed by atoms with Crippen LogP contribution in [0.2, 0.25) is 0 Å². The molecule has 2 N–H and O–H groups in total. The highest BCUT2D eigenvalue weighted by molar-refractivity contribution is 5.97. The maximum Gasteiger partial charge on any atom is 0.0724 e. The van der Waals surface area contributed by atoms with E-state index in [-0.39, 0.29) is 0 Å². The zero-order valence-electron chi connectivity index (χ0n) is 10.3. The first-order valence-corrected chi connectivity index (χ1v) is 6.32. The van der Waals surface area contributed by atoms with Gasteiger partial charge in [0.05, 0.1) is 23.5 Å². The van der Waals surface area contributed by atoms with E-state index in [1.807, 2.05) is 18.2 Å². The van der Waals surface area contributed by atoms with E-state index in [0.29, 0.717) is 0 Å². The van der Waals surface area contributed by atoms with Gasteiger partial charge in [-0.3, -0.25) is 4.98 Å². The van der Waals surface area contributed by atoms with Gasteiger partial charge in [0.1, 0.15) is 0 Å². The van der Waals surface area contributed by atoms with Crippen molar-refractivity contribution >= 4 is 22.3 Å². The number of anilines is 2. The van der Waals surface area contributed by atoms with E-state index in [4.69, 9.17) is 10.5 Å². The van der Waals surface area contributed by atoms with Gasteiger partial charge in [-0.1, -0.05) is 0 Å². The molecule has 0 amide bonds. The van der Waals surface area contributed by atoms with Crippen molar-refractivity contribution in [2.24, 2.45) is 0 Å². The Morgan fingerprint density at radius 1 is 1.17 bits per heavy atom. The first-order valence-electron chi connectivity index (χ1n) is 6.32. The highest BCUT2D eigenvalue weighted by Gasteiger charge is 2.14. The largest absolute Gasteiger partial charge is 0.396 e. The summed E-state index contributed by atoms with van der Waals surface area (Å²) in [5.41, 5.74) is 9.15. The number of hydrogen-bond acceptors (Lipinski definition) is 4. The Kier molecular flexibility index (Phi) is 3.02. The summed E-state index contributed by atoms with van der Waals surface area (Å²) >= 11 is 0. The van der Waals surface area contributed by atoms with Crippen LogP contribution in [0.5, 0.6) is 0 Å². The van der Waals surface area contributed by atoms with E-state index in [2.05, 4.69) is 16.0 Å². The summed E-state index contributed by atoms with van der Waals surface area (Å²) in [6, 6.07) is 8.05. The number of ether oxygens (including phenoxy) is 1. The molecule has 2 heterocycles. The minimum absolute atomic E-state index is 0.768. The van der Waals surface area contributed by atoms with E-state index in [1.54, 1.807) is 6.20 Å². The molecule has 94 valence electrons. The molecule has 1 aromatic heterocycles. The number of rotatable bonds is 1. The van der Waals surface area contributed by atoms with E-state index in [9.17, 15) is 0 Å². The van der Waals surface area contributed by atoms with Crippen molar-refractivity contribution in [3.05, 3.63) is 30.5 Å². The van der Waals surface area contributed by atoms with Crippen LogP contribution in [0, 0.1) is 0 Å². The van der Waals surface area contributed by atoms with Gasteiger partial charge in [-0.2, -0.15) is 0 Å². The lowest BCUT2D eigenvalue weighted by molar-refractivity contribution is 0.152. The van der Waals surface area contributed by atoms with Gasteiger partial charge in [-0.05, 0) is 30.7 Å². The Labute approximate surface area is 106 Å². The van der Waals surface area contributed by atoms with Gasteiger partial charge in [0.25, 0.3) is 0 Å². The SMILES string of the molecule is Nc1c(N2CCCOCC2)ccc2ncccc12. The Morgan fingerprint density at radius 2 is 2.11 bits per heavy atom. The van der Waals surface area contributed by atoms with Crippen LogP contribution in [0.15, 0.2) is 30.5 Å². The van der Waals surface area contributed by atoms with Crippen LogP contribution in [0.25, 0.3) is 10.9 Å². The van der Waals surface area contributed by atoms with Gasteiger partial charge >= 0.3 is 0 Å². The summed E-state index contributed by atoms with van der Waals surface area (Å²) in [6.45, 7) is 3.50. The van der Waals surface area contributed by atoms with E-state index in [1.165, 1.54) is 0 Å². The molecule has 2 aromatic rings. The van der Waals surface area contributed by atoms with Crippen molar-refractivity contribution in [2.75, 3.05) is 36.9 Å². The molecule has 0 aliphatic carbocycles. The smallest absolute Gasteiger partial charge is 0.0724 e. The van der Waals surface area contributed by atoms with Crippen LogP contribution in [-0.2, 0) is 4.74 Å². The van der Waals surface area contributed by atoms with Crippen LogP contribution in [0.4, 0.5) is 11.4 Å². The number of fused-ring (bicyclic) bond motifs is 1. The summed E-state index contributed by atoms with van der Waals surface area (Å²) in [5.74, 6) is 0. The molecule has 4 nitrogen and oxygen atoms in total. The van der Waals surface area contributed by atoms with Gasteiger partial charge in [-0.25, -0.2) is 0 Å². The number of nitrogen functional groups attached to an aromatic ring is 1. The van der Waals surface area contributed by atoms with E-state index < -0.39 is 0 Å². The average molecular weight is 243 g/mol. The van der Waals surface area contributed by atoms with Crippen molar-refractivity contribution in [3.63, 3.8) is 0 Å². The molecular formula is C14H17N3O. The van der Waals surface area contributed by atoms with Gasteiger partial charge in [-0.15, -0.1) is 0 Å². The number of benzene rings is 1. The fourth-order valence-electron chi connectivity index (χ4n) is 2.43. The monoisotopic (exact) mass is 243 g/mol. The standard InChI is InChI=1S/C14H17N3O/c15-14-11-3-1-6-16-12(11)4-5-13(14)17-7-2-9-18-10-8-17/h1,3-6H,2,7-10,15H2. The maximum absolute atomic E-state index is 6.28. The first-order chi connectivity index (χ1) is 8.86. The van der Waals surface area contributed by atoms with Crippen molar-refractivity contribution in [2.45, 2.75) is 6.42 Å². The van der Waals surface area contributed by atoms with Crippen LogP contribution in [0.3, 0.4) is 0 Å².